The molecule has 3 aromatic rings. The molecule has 0 saturated carbocycles. The number of ether oxygens (including phenoxy) is 2. The SMILES string of the molecule is C=CCc1cc(/C=C(\C#N)C(=O)Nc2ccc(C)cc2)cc(OC)c1Oc1ccc(C(F)(F)F)cc1[N+](=O)[O-]. The maximum Gasteiger partial charge on any atom is 0.416 e. The summed E-state index contributed by atoms with van der Waals surface area (Å²) in [6.45, 7) is 5.56. The molecule has 1 N–H and O–H groups in total. The van der Waals surface area contributed by atoms with Gasteiger partial charge in [-0.3, -0.25) is 14.9 Å². The van der Waals surface area contributed by atoms with E-state index in [9.17, 15) is 33.3 Å². The van der Waals surface area contributed by atoms with Gasteiger partial charge < -0.3 is 14.8 Å². The second kappa shape index (κ2) is 12.0. The van der Waals surface area contributed by atoms with E-state index >= 15 is 0 Å². The number of carbonyl (C=O) groups excluding carboxylic acids is 1. The van der Waals surface area contributed by atoms with Crippen LogP contribution in [-0.4, -0.2) is 17.9 Å². The molecule has 0 aromatic heterocycles. The zero-order valence-electron chi connectivity index (χ0n) is 20.8. The molecule has 0 radical (unpaired) electrons. The predicted octanol–water partition coefficient (Wildman–Crippen LogP) is 7.00. The summed E-state index contributed by atoms with van der Waals surface area (Å²) in [5, 5.41) is 23.7. The molecule has 3 rings (SSSR count). The topological polar surface area (TPSA) is 114 Å². The molecular formula is C28H22F3N3O5. The molecule has 0 aliphatic rings. The van der Waals surface area contributed by atoms with E-state index in [0.29, 0.717) is 28.9 Å². The van der Waals surface area contributed by atoms with Crippen molar-refractivity contribution >= 4 is 23.4 Å². The minimum atomic E-state index is -4.78. The predicted molar refractivity (Wildman–Crippen MR) is 138 cm³/mol. The van der Waals surface area contributed by atoms with Crippen LogP contribution in [0.5, 0.6) is 17.2 Å². The van der Waals surface area contributed by atoms with Gasteiger partial charge in [0.2, 0.25) is 5.75 Å². The fourth-order valence-corrected chi connectivity index (χ4v) is 3.52. The normalized spacial score (nSPS) is 11.3. The summed E-state index contributed by atoms with van der Waals surface area (Å²) in [6, 6.07) is 13.7. The standard InChI is InChI=1S/C28H22F3N3O5/c1-4-5-19-12-18(13-20(16-32)27(35)33-22-9-6-17(2)7-10-22)14-25(38-3)26(19)39-24-11-8-21(28(29,30)31)15-23(24)34(36)37/h4,6-15H,1,5H2,2-3H3,(H,33,35)/b20-13+. The number of anilines is 1. The van der Waals surface area contributed by atoms with Gasteiger partial charge in [0.25, 0.3) is 5.91 Å². The van der Waals surface area contributed by atoms with Crippen molar-refractivity contribution in [2.75, 3.05) is 12.4 Å². The summed E-state index contributed by atoms with van der Waals surface area (Å²) in [6.07, 6.45) is -1.79. The number of nitro benzene ring substituents is 1. The molecule has 0 atom stereocenters. The van der Waals surface area contributed by atoms with Gasteiger partial charge in [-0.15, -0.1) is 6.58 Å². The van der Waals surface area contributed by atoms with Crippen molar-refractivity contribution in [3.63, 3.8) is 0 Å². The minimum absolute atomic E-state index is 0.0000215. The Labute approximate surface area is 221 Å². The van der Waals surface area contributed by atoms with Crippen LogP contribution >= 0.6 is 0 Å². The number of nitrogens with zero attached hydrogens (tertiary/aromatic N) is 2. The molecule has 0 fully saturated rings. The highest BCUT2D eigenvalue weighted by atomic mass is 19.4. The van der Waals surface area contributed by atoms with Crippen molar-refractivity contribution in [3.8, 4) is 23.3 Å². The number of benzene rings is 3. The molecule has 200 valence electrons. The lowest BCUT2D eigenvalue weighted by Crippen LogP contribution is -2.13. The number of aryl methyl sites for hydroxylation is 1. The monoisotopic (exact) mass is 537 g/mol. The van der Waals surface area contributed by atoms with Crippen LogP contribution in [-0.2, 0) is 17.4 Å². The van der Waals surface area contributed by atoms with E-state index in [1.165, 1.54) is 25.3 Å². The molecule has 0 aliphatic carbocycles. The van der Waals surface area contributed by atoms with E-state index in [1.807, 2.05) is 13.0 Å². The molecule has 39 heavy (non-hydrogen) atoms. The number of halogens is 3. The third kappa shape index (κ3) is 7.01. The van der Waals surface area contributed by atoms with Crippen LogP contribution in [0.15, 0.2) is 72.8 Å². The summed E-state index contributed by atoms with van der Waals surface area (Å²) < 4.78 is 50.4. The molecule has 1 amide bonds. The first-order chi connectivity index (χ1) is 18.5. The number of rotatable bonds is 9. The number of hydrogen-bond acceptors (Lipinski definition) is 6. The number of hydrogen-bond donors (Lipinski definition) is 1. The number of nitrogens with one attached hydrogen (secondary N) is 1. The fraction of sp³-hybridized carbons (Fsp3) is 0.143. The van der Waals surface area contributed by atoms with Gasteiger partial charge in [0, 0.05) is 17.3 Å². The number of methoxy groups -OCH3 is 1. The molecule has 0 bridgehead atoms. The van der Waals surface area contributed by atoms with E-state index in [0.717, 1.165) is 11.6 Å². The smallest absolute Gasteiger partial charge is 0.416 e. The molecule has 0 saturated heterocycles. The molecule has 0 aliphatic heterocycles. The lowest BCUT2D eigenvalue weighted by molar-refractivity contribution is -0.385. The van der Waals surface area contributed by atoms with Gasteiger partial charge in [-0.25, -0.2) is 0 Å². The van der Waals surface area contributed by atoms with Gasteiger partial charge in [0.05, 0.1) is 17.6 Å². The lowest BCUT2D eigenvalue weighted by Gasteiger charge is -2.16. The molecule has 0 unspecified atom stereocenters. The van der Waals surface area contributed by atoms with E-state index in [-0.39, 0.29) is 23.5 Å². The Hall–Kier alpha value is -5.11. The van der Waals surface area contributed by atoms with E-state index in [1.54, 1.807) is 30.3 Å². The fourth-order valence-electron chi connectivity index (χ4n) is 3.52. The third-order valence-electron chi connectivity index (χ3n) is 5.42. The second-order valence-corrected chi connectivity index (χ2v) is 8.23. The van der Waals surface area contributed by atoms with E-state index in [4.69, 9.17) is 9.47 Å². The van der Waals surface area contributed by atoms with Gasteiger partial charge in [-0.2, -0.15) is 18.4 Å². The highest BCUT2D eigenvalue weighted by Crippen LogP contribution is 2.42. The van der Waals surface area contributed by atoms with Gasteiger partial charge in [0.15, 0.2) is 11.5 Å². The van der Waals surface area contributed by atoms with Crippen molar-refractivity contribution in [2.45, 2.75) is 19.5 Å². The first-order valence-electron chi connectivity index (χ1n) is 11.3. The van der Waals surface area contributed by atoms with Gasteiger partial charge in [-0.1, -0.05) is 23.8 Å². The molecule has 11 heteroatoms. The van der Waals surface area contributed by atoms with Gasteiger partial charge in [0.1, 0.15) is 11.6 Å². The average molecular weight is 537 g/mol. The molecule has 0 heterocycles. The van der Waals surface area contributed by atoms with Crippen molar-refractivity contribution in [3.05, 3.63) is 105 Å². The number of alkyl halides is 3. The first-order valence-corrected chi connectivity index (χ1v) is 11.3. The number of amides is 1. The highest BCUT2D eigenvalue weighted by Gasteiger charge is 2.33. The molecule has 8 nitrogen and oxygen atoms in total. The lowest BCUT2D eigenvalue weighted by atomic mass is 10.0. The Balaban J connectivity index is 2.03. The summed E-state index contributed by atoms with van der Waals surface area (Å²) >= 11 is 0. The largest absolute Gasteiger partial charge is 0.493 e. The Kier molecular flexibility index (Phi) is 8.73. The van der Waals surface area contributed by atoms with Crippen molar-refractivity contribution in [2.24, 2.45) is 0 Å². The molecule has 3 aromatic carbocycles. The molecular weight excluding hydrogens is 515 g/mol. The zero-order valence-corrected chi connectivity index (χ0v) is 20.8. The van der Waals surface area contributed by atoms with Crippen LogP contribution in [0.2, 0.25) is 0 Å². The Morgan fingerprint density at radius 3 is 2.41 bits per heavy atom. The van der Waals surface area contributed by atoms with E-state index < -0.39 is 34.0 Å². The molecule has 0 spiro atoms. The van der Waals surface area contributed by atoms with Crippen LogP contribution in [0.25, 0.3) is 6.08 Å². The first kappa shape index (κ1) is 28.5. The van der Waals surface area contributed by atoms with E-state index in [2.05, 4.69) is 11.9 Å². The van der Waals surface area contributed by atoms with Crippen LogP contribution in [0.1, 0.15) is 22.3 Å². The second-order valence-electron chi connectivity index (χ2n) is 8.23. The summed E-state index contributed by atoms with van der Waals surface area (Å²) in [4.78, 5) is 23.2. The quantitative estimate of drug-likeness (QED) is 0.103. The number of nitriles is 1. The van der Waals surface area contributed by atoms with Crippen molar-refractivity contribution in [1.82, 2.24) is 0 Å². The number of allylic oxidation sites excluding steroid dienone is 1. The summed E-state index contributed by atoms with van der Waals surface area (Å²) in [5.74, 6) is -1.02. The maximum atomic E-state index is 13.1. The maximum absolute atomic E-state index is 13.1. The van der Waals surface area contributed by atoms with Crippen molar-refractivity contribution in [1.29, 1.82) is 5.26 Å². The Bertz CT molecular complexity index is 1490. The van der Waals surface area contributed by atoms with Crippen molar-refractivity contribution < 1.29 is 32.4 Å². The zero-order chi connectivity index (χ0) is 28.7. The average Bonchev–Trinajstić information content (AvgIpc) is 2.89. The number of carbonyl (C=O) groups is 1. The Morgan fingerprint density at radius 2 is 1.85 bits per heavy atom. The van der Waals surface area contributed by atoms with Crippen LogP contribution in [0.4, 0.5) is 24.5 Å². The van der Waals surface area contributed by atoms with Crippen LogP contribution in [0.3, 0.4) is 0 Å². The summed E-state index contributed by atoms with van der Waals surface area (Å²) in [7, 11) is 1.30. The van der Waals surface area contributed by atoms with Crippen LogP contribution in [0, 0.1) is 28.4 Å². The van der Waals surface area contributed by atoms with Gasteiger partial charge >= 0.3 is 11.9 Å². The summed E-state index contributed by atoms with van der Waals surface area (Å²) in [5.41, 5.74) is -0.0505. The highest BCUT2D eigenvalue weighted by molar-refractivity contribution is 6.09. The Morgan fingerprint density at radius 1 is 1.15 bits per heavy atom. The minimum Gasteiger partial charge on any atom is -0.493 e. The number of nitro groups is 1. The van der Waals surface area contributed by atoms with Gasteiger partial charge in [-0.05, 0) is 61.4 Å². The third-order valence-corrected chi connectivity index (χ3v) is 5.42. The van der Waals surface area contributed by atoms with Crippen LogP contribution < -0.4 is 14.8 Å².